The van der Waals surface area contributed by atoms with Crippen LogP contribution in [-0.2, 0) is 6.54 Å². The van der Waals surface area contributed by atoms with Crippen molar-refractivity contribution < 1.29 is 18.3 Å². The lowest BCUT2D eigenvalue weighted by molar-refractivity contribution is -0.286. The van der Waals surface area contributed by atoms with Crippen molar-refractivity contribution in [2.45, 2.75) is 38.0 Å². The fraction of sp³-hybridized carbons (Fsp3) is 0.316. The quantitative estimate of drug-likeness (QED) is 0.694. The third-order valence-electron chi connectivity index (χ3n) is 4.99. The van der Waals surface area contributed by atoms with Gasteiger partial charge in [-0.2, -0.15) is 0 Å². The molecule has 5 rings (SSSR count). The van der Waals surface area contributed by atoms with Crippen LogP contribution in [0.2, 0.25) is 0 Å². The minimum Gasteiger partial charge on any atom is -0.395 e. The van der Waals surface area contributed by atoms with Crippen LogP contribution in [0.15, 0.2) is 42.5 Å². The molecule has 1 saturated carbocycles. The van der Waals surface area contributed by atoms with E-state index in [-0.39, 0.29) is 11.5 Å². The first-order valence-corrected chi connectivity index (χ1v) is 8.44. The summed E-state index contributed by atoms with van der Waals surface area (Å²) in [6, 6.07) is 12.9. The summed E-state index contributed by atoms with van der Waals surface area (Å²) in [5.74, 6) is 1.65. The molecule has 2 aliphatic rings. The molecule has 25 heavy (non-hydrogen) atoms. The number of nitrogens with zero attached hydrogens (tertiary/aromatic N) is 2. The van der Waals surface area contributed by atoms with Crippen LogP contribution in [0.5, 0.6) is 11.5 Å². The molecule has 6 heteroatoms. The Morgan fingerprint density at radius 1 is 1.08 bits per heavy atom. The molecule has 1 aliphatic carbocycles. The number of para-hydroxylation sites is 3. The zero-order valence-corrected chi connectivity index (χ0v) is 13.4. The first-order valence-electron chi connectivity index (χ1n) is 8.44. The van der Waals surface area contributed by atoms with Crippen LogP contribution >= 0.6 is 0 Å². The molecular weight excluding hydrogens is 326 g/mol. The second-order valence-electron chi connectivity index (χ2n) is 6.58. The van der Waals surface area contributed by atoms with Gasteiger partial charge in [0.1, 0.15) is 5.82 Å². The smallest absolute Gasteiger partial charge is 0.395 e. The van der Waals surface area contributed by atoms with Crippen molar-refractivity contribution in [2.75, 3.05) is 0 Å². The Morgan fingerprint density at radius 2 is 1.92 bits per heavy atom. The minimum atomic E-state index is -3.60. The van der Waals surface area contributed by atoms with Crippen LogP contribution in [0.3, 0.4) is 0 Å². The van der Waals surface area contributed by atoms with E-state index in [0.29, 0.717) is 18.0 Å². The molecule has 2 heterocycles. The number of halogens is 2. The van der Waals surface area contributed by atoms with Gasteiger partial charge in [-0.25, -0.2) is 4.98 Å². The van der Waals surface area contributed by atoms with Crippen molar-refractivity contribution in [1.82, 2.24) is 9.55 Å². The largest absolute Gasteiger partial charge is 0.586 e. The van der Waals surface area contributed by atoms with E-state index in [1.807, 2.05) is 24.3 Å². The average molecular weight is 342 g/mol. The van der Waals surface area contributed by atoms with Crippen molar-refractivity contribution in [3.63, 3.8) is 0 Å². The van der Waals surface area contributed by atoms with Gasteiger partial charge in [-0.3, -0.25) is 0 Å². The molecule has 0 amide bonds. The molecule has 0 atom stereocenters. The van der Waals surface area contributed by atoms with E-state index in [9.17, 15) is 8.78 Å². The van der Waals surface area contributed by atoms with Gasteiger partial charge >= 0.3 is 6.29 Å². The number of imidazole rings is 1. The van der Waals surface area contributed by atoms with Gasteiger partial charge in [0.05, 0.1) is 17.6 Å². The molecule has 1 aromatic heterocycles. The van der Waals surface area contributed by atoms with E-state index in [1.54, 1.807) is 12.1 Å². The van der Waals surface area contributed by atoms with E-state index in [0.717, 1.165) is 29.7 Å². The highest BCUT2D eigenvalue weighted by atomic mass is 19.3. The molecule has 0 spiro atoms. The summed E-state index contributed by atoms with van der Waals surface area (Å²) in [4.78, 5) is 4.80. The summed E-state index contributed by atoms with van der Waals surface area (Å²) >= 11 is 0. The number of aromatic nitrogens is 2. The summed E-state index contributed by atoms with van der Waals surface area (Å²) in [6.45, 7) is 0.426. The van der Waals surface area contributed by atoms with Crippen molar-refractivity contribution in [1.29, 1.82) is 0 Å². The molecule has 1 fully saturated rings. The Balaban J connectivity index is 1.61. The van der Waals surface area contributed by atoms with Gasteiger partial charge in [-0.1, -0.05) is 30.7 Å². The lowest BCUT2D eigenvalue weighted by Gasteiger charge is -2.25. The Morgan fingerprint density at radius 3 is 2.72 bits per heavy atom. The average Bonchev–Trinajstić information content (AvgIpc) is 3.03. The maximum atomic E-state index is 13.5. The van der Waals surface area contributed by atoms with E-state index in [2.05, 4.69) is 9.30 Å². The molecular formula is C19H16F2N2O2. The number of rotatable bonds is 3. The predicted octanol–water partition coefficient (Wildman–Crippen LogP) is 4.67. The first-order chi connectivity index (χ1) is 12.1. The summed E-state index contributed by atoms with van der Waals surface area (Å²) in [5, 5.41) is 0. The molecule has 4 nitrogen and oxygen atoms in total. The molecule has 128 valence electrons. The van der Waals surface area contributed by atoms with Crippen molar-refractivity contribution in [3.05, 3.63) is 53.9 Å². The van der Waals surface area contributed by atoms with Crippen LogP contribution in [0.4, 0.5) is 8.78 Å². The van der Waals surface area contributed by atoms with E-state index < -0.39 is 6.29 Å². The molecule has 0 unspecified atom stereocenters. The van der Waals surface area contributed by atoms with Crippen molar-refractivity contribution in [2.24, 2.45) is 0 Å². The SMILES string of the molecule is FC1(F)Oc2cccc(Cn3c(C4CCC4)nc4ccccc43)c2O1. The molecule has 1 aliphatic heterocycles. The maximum Gasteiger partial charge on any atom is 0.586 e. The van der Waals surface area contributed by atoms with Crippen LogP contribution in [0, 0.1) is 0 Å². The molecule has 2 aromatic carbocycles. The number of hydrogen-bond donors (Lipinski definition) is 0. The third-order valence-corrected chi connectivity index (χ3v) is 4.99. The molecule has 3 aromatic rings. The molecule has 0 bridgehead atoms. The fourth-order valence-electron chi connectivity index (χ4n) is 3.56. The van der Waals surface area contributed by atoms with Crippen molar-refractivity contribution in [3.8, 4) is 11.5 Å². The van der Waals surface area contributed by atoms with Gasteiger partial charge in [0.25, 0.3) is 0 Å². The summed E-state index contributed by atoms with van der Waals surface area (Å²) in [5.41, 5.74) is 2.60. The lowest BCUT2D eigenvalue weighted by atomic mass is 9.85. The van der Waals surface area contributed by atoms with Gasteiger partial charge in [-0.05, 0) is 31.0 Å². The third kappa shape index (κ3) is 2.35. The number of fused-ring (bicyclic) bond motifs is 2. The zero-order valence-electron chi connectivity index (χ0n) is 13.4. The highest BCUT2D eigenvalue weighted by Crippen LogP contribution is 2.44. The summed E-state index contributed by atoms with van der Waals surface area (Å²) in [7, 11) is 0. The molecule has 0 saturated heterocycles. The van der Waals surface area contributed by atoms with E-state index in [4.69, 9.17) is 9.72 Å². The maximum absolute atomic E-state index is 13.5. The van der Waals surface area contributed by atoms with Crippen LogP contribution in [0.1, 0.15) is 36.6 Å². The molecule has 0 N–H and O–H groups in total. The number of alkyl halides is 2. The predicted molar refractivity (Wildman–Crippen MR) is 88.1 cm³/mol. The van der Waals surface area contributed by atoms with Crippen LogP contribution in [-0.4, -0.2) is 15.8 Å². The monoisotopic (exact) mass is 342 g/mol. The topological polar surface area (TPSA) is 36.3 Å². The highest BCUT2D eigenvalue weighted by Gasteiger charge is 2.44. The second-order valence-corrected chi connectivity index (χ2v) is 6.58. The van der Waals surface area contributed by atoms with Gasteiger partial charge in [0.15, 0.2) is 11.5 Å². The van der Waals surface area contributed by atoms with Gasteiger partial charge < -0.3 is 14.0 Å². The number of hydrogen-bond acceptors (Lipinski definition) is 3. The number of benzene rings is 2. The van der Waals surface area contributed by atoms with E-state index in [1.165, 1.54) is 12.5 Å². The fourth-order valence-corrected chi connectivity index (χ4v) is 3.56. The number of ether oxygens (including phenoxy) is 2. The Labute approximate surface area is 143 Å². The first kappa shape index (κ1) is 14.7. The Kier molecular flexibility index (Phi) is 3.04. The Bertz CT molecular complexity index is 963. The van der Waals surface area contributed by atoms with Crippen LogP contribution < -0.4 is 9.47 Å². The summed E-state index contributed by atoms with van der Waals surface area (Å²) < 4.78 is 38.3. The van der Waals surface area contributed by atoms with Crippen molar-refractivity contribution >= 4 is 11.0 Å². The highest BCUT2D eigenvalue weighted by molar-refractivity contribution is 5.76. The van der Waals surface area contributed by atoms with E-state index >= 15 is 0 Å². The normalized spacial score (nSPS) is 18.5. The summed E-state index contributed by atoms with van der Waals surface area (Å²) in [6.07, 6.45) is -0.161. The zero-order chi connectivity index (χ0) is 17.0. The van der Waals surface area contributed by atoms with Crippen LogP contribution in [0.25, 0.3) is 11.0 Å². The second kappa shape index (κ2) is 5.18. The van der Waals surface area contributed by atoms with Gasteiger partial charge in [-0.15, -0.1) is 8.78 Å². The van der Waals surface area contributed by atoms with Gasteiger partial charge in [0, 0.05) is 11.5 Å². The minimum absolute atomic E-state index is 0.0807. The van der Waals surface area contributed by atoms with Gasteiger partial charge in [0.2, 0.25) is 0 Å². The molecule has 0 radical (unpaired) electrons. The lowest BCUT2D eigenvalue weighted by Crippen LogP contribution is -2.26. The Hall–Kier alpha value is -2.63. The standard InChI is InChI=1S/C19H16F2N2O2/c20-19(21)24-16-10-4-7-13(17(16)25-19)11-23-15-9-2-1-8-14(15)22-18(23)12-5-3-6-12/h1-2,4,7-10,12H,3,5-6,11H2.